The molecule has 5 nitrogen and oxygen atoms in total. The van der Waals surface area contributed by atoms with E-state index in [1.54, 1.807) is 10.8 Å². The molecule has 2 aromatic carbocycles. The number of rotatable bonds is 3. The number of fused-ring (bicyclic) bond motifs is 2. The van der Waals surface area contributed by atoms with E-state index in [0.29, 0.717) is 5.65 Å². The van der Waals surface area contributed by atoms with Gasteiger partial charge in [0.1, 0.15) is 0 Å². The minimum absolute atomic E-state index is 0.126. The zero-order valence-corrected chi connectivity index (χ0v) is 15.3. The van der Waals surface area contributed by atoms with E-state index in [1.807, 2.05) is 79.7 Å². The van der Waals surface area contributed by atoms with Gasteiger partial charge in [0.05, 0.1) is 22.8 Å². The maximum Gasteiger partial charge on any atom is 0.328 e. The summed E-state index contributed by atoms with van der Waals surface area (Å²) in [5.41, 5.74) is 5.03. The number of hydrogen-bond acceptors (Lipinski definition) is 3. The van der Waals surface area contributed by atoms with Crippen molar-refractivity contribution in [3.05, 3.63) is 95.0 Å². The minimum atomic E-state index is -0.157. The normalized spacial score (nSPS) is 12.5. The Morgan fingerprint density at radius 2 is 1.79 bits per heavy atom. The summed E-state index contributed by atoms with van der Waals surface area (Å²) in [6, 6.07) is 23.7. The highest BCUT2D eigenvalue weighted by molar-refractivity contribution is 5.94. The first-order chi connectivity index (χ1) is 13.7. The highest BCUT2D eigenvalue weighted by atomic mass is 16.1. The molecule has 1 N–H and O–H groups in total. The molecule has 3 heterocycles. The summed E-state index contributed by atoms with van der Waals surface area (Å²) in [6.45, 7) is 2.01. The van der Waals surface area contributed by atoms with E-state index in [4.69, 9.17) is 4.98 Å². The Hall–Kier alpha value is -3.73. The molecule has 136 valence electrons. The molecule has 0 radical (unpaired) electrons. The third kappa shape index (κ3) is 2.60. The number of hydrogen-bond donors (Lipinski definition) is 1. The van der Waals surface area contributed by atoms with Crippen LogP contribution < -0.4 is 5.69 Å². The van der Waals surface area contributed by atoms with Crippen LogP contribution in [0, 0.1) is 0 Å². The van der Waals surface area contributed by atoms with Crippen molar-refractivity contribution in [2.24, 2.45) is 0 Å². The van der Waals surface area contributed by atoms with Crippen molar-refractivity contribution in [1.29, 1.82) is 0 Å². The number of benzene rings is 2. The van der Waals surface area contributed by atoms with Crippen LogP contribution in [0.15, 0.2) is 83.8 Å². The molecule has 0 bridgehead atoms. The molecule has 0 fully saturated rings. The van der Waals surface area contributed by atoms with Crippen molar-refractivity contribution in [1.82, 2.24) is 19.5 Å². The molecule has 0 unspecified atom stereocenters. The van der Waals surface area contributed by atoms with Crippen LogP contribution in [0.25, 0.3) is 33.3 Å². The highest BCUT2D eigenvalue weighted by Crippen LogP contribution is 2.28. The fourth-order valence-corrected chi connectivity index (χ4v) is 3.72. The van der Waals surface area contributed by atoms with Gasteiger partial charge in [-0.2, -0.15) is 0 Å². The van der Waals surface area contributed by atoms with E-state index in [0.717, 1.165) is 33.2 Å². The summed E-state index contributed by atoms with van der Waals surface area (Å²) >= 11 is 0. The highest BCUT2D eigenvalue weighted by Gasteiger charge is 2.17. The molecule has 0 spiro atoms. The van der Waals surface area contributed by atoms with Gasteiger partial charge in [-0.15, -0.1) is 0 Å². The molecule has 1 atom stereocenters. The summed E-state index contributed by atoms with van der Waals surface area (Å²) < 4.78 is 1.72. The number of nitrogens with zero attached hydrogens (tertiary/aromatic N) is 3. The van der Waals surface area contributed by atoms with Crippen molar-refractivity contribution < 1.29 is 0 Å². The zero-order valence-electron chi connectivity index (χ0n) is 15.3. The van der Waals surface area contributed by atoms with Crippen LogP contribution in [-0.2, 0) is 0 Å². The van der Waals surface area contributed by atoms with Crippen LogP contribution in [0.4, 0.5) is 0 Å². The summed E-state index contributed by atoms with van der Waals surface area (Å²) in [5, 5.41) is 1.04. The second kappa shape index (κ2) is 6.46. The lowest BCUT2D eigenvalue weighted by atomic mass is 10.0. The average Bonchev–Trinajstić information content (AvgIpc) is 3.08. The third-order valence-electron chi connectivity index (χ3n) is 5.15. The summed E-state index contributed by atoms with van der Waals surface area (Å²) in [4.78, 5) is 24.9. The summed E-state index contributed by atoms with van der Waals surface area (Å²) in [5.74, 6) is 0. The Kier molecular flexibility index (Phi) is 3.79. The fourth-order valence-electron chi connectivity index (χ4n) is 3.72. The molecular weight excluding hydrogens is 348 g/mol. The molecular formula is C23H18N4O. The van der Waals surface area contributed by atoms with E-state index >= 15 is 0 Å². The number of imidazole rings is 1. The molecule has 0 aliphatic carbocycles. The van der Waals surface area contributed by atoms with Crippen molar-refractivity contribution in [3.63, 3.8) is 0 Å². The van der Waals surface area contributed by atoms with Gasteiger partial charge < -0.3 is 4.98 Å². The first-order valence-electron chi connectivity index (χ1n) is 9.23. The monoisotopic (exact) mass is 366 g/mol. The lowest BCUT2D eigenvalue weighted by Gasteiger charge is -2.14. The Morgan fingerprint density at radius 3 is 2.64 bits per heavy atom. The van der Waals surface area contributed by atoms with E-state index in [2.05, 4.69) is 9.97 Å². The molecule has 0 aliphatic heterocycles. The van der Waals surface area contributed by atoms with E-state index in [9.17, 15) is 4.79 Å². The van der Waals surface area contributed by atoms with Crippen LogP contribution >= 0.6 is 0 Å². The first kappa shape index (κ1) is 16.4. The molecule has 0 saturated heterocycles. The van der Waals surface area contributed by atoms with Gasteiger partial charge in [-0.25, -0.2) is 9.78 Å². The lowest BCUT2D eigenvalue weighted by Crippen LogP contribution is -2.21. The SMILES string of the molecule is C[C@H](c1ccccc1)n1c(=O)[nH]c2ccc(-c3cccc4ncccc34)nc21. The van der Waals surface area contributed by atoms with Crippen molar-refractivity contribution in [2.75, 3.05) is 0 Å². The van der Waals surface area contributed by atoms with Crippen molar-refractivity contribution in [2.45, 2.75) is 13.0 Å². The maximum absolute atomic E-state index is 12.7. The lowest BCUT2D eigenvalue weighted by molar-refractivity contribution is 0.631. The summed E-state index contributed by atoms with van der Waals surface area (Å²) in [6.07, 6.45) is 1.79. The molecule has 0 saturated carbocycles. The Balaban J connectivity index is 1.72. The number of H-pyrrole nitrogens is 1. The maximum atomic E-state index is 12.7. The van der Waals surface area contributed by atoms with Crippen molar-refractivity contribution >= 4 is 22.1 Å². The number of pyridine rings is 2. The van der Waals surface area contributed by atoms with Gasteiger partial charge in [0, 0.05) is 17.1 Å². The molecule has 5 aromatic rings. The quantitative estimate of drug-likeness (QED) is 0.509. The predicted molar refractivity (Wildman–Crippen MR) is 111 cm³/mol. The molecule has 5 heteroatoms. The standard InChI is InChI=1S/C23H18N4O/c1-15(16-7-3-2-4-8-16)27-22-21(26-23(27)28)13-12-20(25-22)18-9-5-11-19-17(18)10-6-14-24-19/h2-15H,1H3,(H,26,28)/t15-/m1/s1. The number of nitrogens with one attached hydrogen (secondary N) is 1. The molecule has 28 heavy (non-hydrogen) atoms. The average molecular weight is 366 g/mol. The van der Waals surface area contributed by atoms with Crippen LogP contribution in [-0.4, -0.2) is 19.5 Å². The molecule has 0 amide bonds. The zero-order chi connectivity index (χ0) is 19.1. The van der Waals surface area contributed by atoms with Gasteiger partial charge in [0.2, 0.25) is 0 Å². The van der Waals surface area contributed by atoms with E-state index in [-0.39, 0.29) is 11.7 Å². The second-order valence-corrected chi connectivity index (χ2v) is 6.83. The van der Waals surface area contributed by atoms with Gasteiger partial charge in [-0.3, -0.25) is 9.55 Å². The van der Waals surface area contributed by atoms with Crippen LogP contribution in [0.2, 0.25) is 0 Å². The smallest absolute Gasteiger partial charge is 0.304 e. The second-order valence-electron chi connectivity index (χ2n) is 6.83. The van der Waals surface area contributed by atoms with Crippen LogP contribution in [0.1, 0.15) is 18.5 Å². The summed E-state index contributed by atoms with van der Waals surface area (Å²) in [7, 11) is 0. The minimum Gasteiger partial charge on any atom is -0.304 e. The van der Waals surface area contributed by atoms with Gasteiger partial charge >= 0.3 is 5.69 Å². The Bertz CT molecular complexity index is 1350. The number of aromatic nitrogens is 4. The predicted octanol–water partition coefficient (Wildman–Crippen LogP) is 4.55. The Labute approximate surface area is 161 Å². The number of aromatic amines is 1. The third-order valence-corrected chi connectivity index (χ3v) is 5.15. The van der Waals surface area contributed by atoms with Gasteiger partial charge in [0.15, 0.2) is 5.65 Å². The van der Waals surface area contributed by atoms with E-state index in [1.165, 1.54) is 0 Å². The van der Waals surface area contributed by atoms with Gasteiger partial charge in [-0.05, 0) is 36.8 Å². The molecule has 5 rings (SSSR count). The van der Waals surface area contributed by atoms with Crippen LogP contribution in [0.3, 0.4) is 0 Å². The largest absolute Gasteiger partial charge is 0.328 e. The Morgan fingerprint density at radius 1 is 0.929 bits per heavy atom. The fraction of sp³-hybridized carbons (Fsp3) is 0.0870. The van der Waals surface area contributed by atoms with Crippen molar-refractivity contribution in [3.8, 4) is 11.3 Å². The first-order valence-corrected chi connectivity index (χ1v) is 9.23. The van der Waals surface area contributed by atoms with Gasteiger partial charge in [0.25, 0.3) is 0 Å². The van der Waals surface area contributed by atoms with E-state index < -0.39 is 0 Å². The molecule has 0 aliphatic rings. The van der Waals surface area contributed by atoms with Crippen LogP contribution in [0.5, 0.6) is 0 Å². The van der Waals surface area contributed by atoms with Gasteiger partial charge in [-0.1, -0.05) is 48.5 Å². The molecule has 3 aromatic heterocycles. The topological polar surface area (TPSA) is 63.6 Å².